The van der Waals surface area contributed by atoms with Crippen molar-refractivity contribution >= 4 is 5.91 Å². The maximum atomic E-state index is 13.9. The van der Waals surface area contributed by atoms with Gasteiger partial charge in [0, 0.05) is 50.0 Å². The van der Waals surface area contributed by atoms with Crippen molar-refractivity contribution in [2.24, 2.45) is 7.05 Å². The van der Waals surface area contributed by atoms with E-state index in [2.05, 4.69) is 22.5 Å². The van der Waals surface area contributed by atoms with Crippen LogP contribution in [0.4, 0.5) is 0 Å². The van der Waals surface area contributed by atoms with Gasteiger partial charge in [0.2, 0.25) is 0 Å². The lowest BCUT2D eigenvalue weighted by Gasteiger charge is -2.36. The van der Waals surface area contributed by atoms with Gasteiger partial charge in [0.1, 0.15) is 11.5 Å². The second-order valence-electron chi connectivity index (χ2n) is 8.52. The third kappa shape index (κ3) is 4.72. The van der Waals surface area contributed by atoms with Crippen LogP contribution in [-0.4, -0.2) is 46.3 Å². The van der Waals surface area contributed by atoms with Crippen molar-refractivity contribution in [2.75, 3.05) is 19.6 Å². The predicted molar refractivity (Wildman–Crippen MR) is 133 cm³/mol. The molecule has 1 atom stereocenters. The van der Waals surface area contributed by atoms with Gasteiger partial charge in [-0.15, -0.1) is 0 Å². The second kappa shape index (κ2) is 9.93. The third-order valence-electron chi connectivity index (χ3n) is 6.10. The molecule has 2 heterocycles. The molecule has 6 heteroatoms. The highest BCUT2D eigenvalue weighted by Gasteiger charge is 2.31. The fourth-order valence-electron chi connectivity index (χ4n) is 4.47. The minimum Gasteiger partial charge on any atom is -0.457 e. The van der Waals surface area contributed by atoms with Crippen molar-refractivity contribution < 1.29 is 9.53 Å². The van der Waals surface area contributed by atoms with E-state index in [1.165, 1.54) is 5.56 Å². The number of carbonyl (C=O) groups excluding carboxylic acids is 1. The molecule has 1 aliphatic heterocycles. The SMILES string of the molecule is Cn1cc(-c2ccccc2Oc2ccccc2)c(C(=O)N2CCNCC2Cc2ccccc2)n1. The Morgan fingerprint density at radius 1 is 0.971 bits per heavy atom. The number of benzene rings is 3. The number of aromatic nitrogens is 2. The molecule has 172 valence electrons. The van der Waals surface area contributed by atoms with Crippen LogP contribution < -0.4 is 10.1 Å². The number of carbonyl (C=O) groups is 1. The maximum Gasteiger partial charge on any atom is 0.275 e. The quantitative estimate of drug-likeness (QED) is 0.467. The van der Waals surface area contributed by atoms with Crippen LogP contribution >= 0.6 is 0 Å². The summed E-state index contributed by atoms with van der Waals surface area (Å²) in [5, 5.41) is 8.04. The van der Waals surface area contributed by atoms with Crippen LogP contribution in [0.25, 0.3) is 11.1 Å². The molecule has 3 aromatic carbocycles. The highest BCUT2D eigenvalue weighted by molar-refractivity contribution is 6.00. The normalized spacial score (nSPS) is 15.8. The molecule has 4 aromatic rings. The van der Waals surface area contributed by atoms with Crippen molar-refractivity contribution in [3.05, 3.63) is 102 Å². The first-order valence-corrected chi connectivity index (χ1v) is 11.6. The molecule has 0 saturated carbocycles. The molecule has 0 radical (unpaired) electrons. The zero-order chi connectivity index (χ0) is 23.3. The number of nitrogens with one attached hydrogen (secondary N) is 1. The number of hydrogen-bond acceptors (Lipinski definition) is 4. The van der Waals surface area contributed by atoms with Gasteiger partial charge in [0.15, 0.2) is 5.69 Å². The van der Waals surface area contributed by atoms with Gasteiger partial charge in [0.25, 0.3) is 5.91 Å². The lowest BCUT2D eigenvalue weighted by molar-refractivity contribution is 0.0630. The molecule has 1 saturated heterocycles. The van der Waals surface area contributed by atoms with Crippen LogP contribution in [0.3, 0.4) is 0 Å². The summed E-state index contributed by atoms with van der Waals surface area (Å²) in [6, 6.07) is 27.8. The van der Waals surface area contributed by atoms with E-state index < -0.39 is 0 Å². The summed E-state index contributed by atoms with van der Waals surface area (Å²) < 4.78 is 7.89. The van der Waals surface area contributed by atoms with Crippen LogP contribution in [0.15, 0.2) is 91.1 Å². The van der Waals surface area contributed by atoms with Crippen LogP contribution in [0.5, 0.6) is 11.5 Å². The summed E-state index contributed by atoms with van der Waals surface area (Å²) in [6.45, 7) is 2.18. The van der Waals surface area contributed by atoms with Crippen LogP contribution in [-0.2, 0) is 13.5 Å². The summed E-state index contributed by atoms with van der Waals surface area (Å²) in [6.07, 6.45) is 2.70. The second-order valence-corrected chi connectivity index (χ2v) is 8.52. The molecule has 1 N–H and O–H groups in total. The van der Waals surface area contributed by atoms with Gasteiger partial charge in [-0.3, -0.25) is 9.48 Å². The van der Waals surface area contributed by atoms with Gasteiger partial charge in [-0.1, -0.05) is 66.7 Å². The topological polar surface area (TPSA) is 59.4 Å². The summed E-state index contributed by atoms with van der Waals surface area (Å²) in [4.78, 5) is 15.8. The third-order valence-corrected chi connectivity index (χ3v) is 6.10. The highest BCUT2D eigenvalue weighted by Crippen LogP contribution is 2.35. The van der Waals surface area contributed by atoms with E-state index in [1.807, 2.05) is 90.9 Å². The first kappa shape index (κ1) is 21.9. The van der Waals surface area contributed by atoms with E-state index in [9.17, 15) is 4.79 Å². The summed E-state index contributed by atoms with van der Waals surface area (Å²) in [7, 11) is 1.85. The molecular weight excluding hydrogens is 424 g/mol. The van der Waals surface area contributed by atoms with Crippen molar-refractivity contribution in [1.29, 1.82) is 0 Å². The average molecular weight is 453 g/mol. The van der Waals surface area contributed by atoms with Gasteiger partial charge < -0.3 is 15.0 Å². The maximum absolute atomic E-state index is 13.9. The number of rotatable bonds is 6. The zero-order valence-corrected chi connectivity index (χ0v) is 19.2. The van der Waals surface area contributed by atoms with E-state index in [0.29, 0.717) is 18.0 Å². The standard InChI is InChI=1S/C28H28N4O2/c1-31-20-25(24-14-8-9-15-26(24)34-23-12-6-3-7-13-23)27(30-31)28(33)32-17-16-29-19-22(32)18-21-10-4-2-5-11-21/h2-15,20,22,29H,16-19H2,1H3. The Morgan fingerprint density at radius 2 is 1.68 bits per heavy atom. The molecule has 6 nitrogen and oxygen atoms in total. The molecule has 1 aromatic heterocycles. The smallest absolute Gasteiger partial charge is 0.275 e. The Bertz CT molecular complexity index is 1250. The molecule has 1 amide bonds. The van der Waals surface area contributed by atoms with Crippen molar-refractivity contribution in [1.82, 2.24) is 20.0 Å². The monoisotopic (exact) mass is 452 g/mol. The lowest BCUT2D eigenvalue weighted by atomic mass is 10.0. The number of hydrogen-bond donors (Lipinski definition) is 1. The Labute approximate surface area is 199 Å². The van der Waals surface area contributed by atoms with Crippen molar-refractivity contribution in [3.63, 3.8) is 0 Å². The van der Waals surface area contributed by atoms with Gasteiger partial charge in [-0.25, -0.2) is 0 Å². The molecule has 0 spiro atoms. The summed E-state index contributed by atoms with van der Waals surface area (Å²) in [5.74, 6) is 1.39. The van der Waals surface area contributed by atoms with Crippen molar-refractivity contribution in [2.45, 2.75) is 12.5 Å². The first-order chi connectivity index (χ1) is 16.7. The predicted octanol–water partition coefficient (Wildman–Crippen LogP) is 4.54. The van der Waals surface area contributed by atoms with Gasteiger partial charge in [-0.2, -0.15) is 5.10 Å². The van der Waals surface area contributed by atoms with Gasteiger partial charge in [-0.05, 0) is 30.2 Å². The van der Waals surface area contributed by atoms with Crippen LogP contribution in [0.1, 0.15) is 16.1 Å². The number of para-hydroxylation sites is 2. The fourth-order valence-corrected chi connectivity index (χ4v) is 4.47. The average Bonchev–Trinajstić information content (AvgIpc) is 3.27. The van der Waals surface area contributed by atoms with E-state index in [-0.39, 0.29) is 11.9 Å². The Hall–Kier alpha value is -3.90. The molecule has 0 aliphatic carbocycles. The summed E-state index contributed by atoms with van der Waals surface area (Å²) in [5.41, 5.74) is 3.29. The van der Waals surface area contributed by atoms with Crippen molar-refractivity contribution in [3.8, 4) is 22.6 Å². The summed E-state index contributed by atoms with van der Waals surface area (Å²) >= 11 is 0. The largest absolute Gasteiger partial charge is 0.457 e. The van der Waals surface area contributed by atoms with Gasteiger partial charge in [0.05, 0.1) is 0 Å². The number of amides is 1. The van der Waals surface area contributed by atoms with E-state index in [1.54, 1.807) is 4.68 Å². The Morgan fingerprint density at radius 3 is 2.47 bits per heavy atom. The van der Waals surface area contributed by atoms with E-state index >= 15 is 0 Å². The molecule has 1 aliphatic rings. The highest BCUT2D eigenvalue weighted by atomic mass is 16.5. The number of nitrogens with zero attached hydrogens (tertiary/aromatic N) is 3. The molecule has 1 fully saturated rings. The Balaban J connectivity index is 1.47. The molecule has 34 heavy (non-hydrogen) atoms. The Kier molecular flexibility index (Phi) is 6.40. The number of piperazine rings is 1. The van der Waals surface area contributed by atoms with E-state index in [0.717, 1.165) is 36.4 Å². The minimum absolute atomic E-state index is 0.0486. The van der Waals surface area contributed by atoms with Crippen LogP contribution in [0.2, 0.25) is 0 Å². The number of aryl methyl sites for hydroxylation is 1. The molecule has 1 unspecified atom stereocenters. The van der Waals surface area contributed by atoms with E-state index in [4.69, 9.17) is 4.74 Å². The number of ether oxygens (including phenoxy) is 1. The molecule has 0 bridgehead atoms. The van der Waals surface area contributed by atoms with Gasteiger partial charge >= 0.3 is 0 Å². The molecule has 5 rings (SSSR count). The fraction of sp³-hybridized carbons (Fsp3) is 0.214. The van der Waals surface area contributed by atoms with Crippen LogP contribution in [0, 0.1) is 0 Å². The minimum atomic E-state index is -0.0486. The molecular formula is C28H28N4O2. The first-order valence-electron chi connectivity index (χ1n) is 11.6. The lowest BCUT2D eigenvalue weighted by Crippen LogP contribution is -2.54. The zero-order valence-electron chi connectivity index (χ0n) is 19.2.